The molecule has 0 aliphatic heterocycles. The summed E-state index contributed by atoms with van der Waals surface area (Å²) in [6.07, 6.45) is 1.15. The van der Waals surface area contributed by atoms with Crippen molar-refractivity contribution in [2.75, 3.05) is 31.5 Å². The zero-order valence-corrected chi connectivity index (χ0v) is 11.2. The highest BCUT2D eigenvalue weighted by atomic mass is 35.5. The van der Waals surface area contributed by atoms with E-state index in [1.807, 2.05) is 0 Å². The predicted octanol–water partition coefficient (Wildman–Crippen LogP) is 0.754. The number of sulfone groups is 1. The van der Waals surface area contributed by atoms with Crippen LogP contribution in [0.4, 0.5) is 0 Å². The van der Waals surface area contributed by atoms with Gasteiger partial charge >= 0.3 is 0 Å². The molecule has 0 heterocycles. The van der Waals surface area contributed by atoms with E-state index in [9.17, 15) is 13.2 Å². The maximum absolute atomic E-state index is 11.8. The van der Waals surface area contributed by atoms with Crippen LogP contribution in [-0.2, 0) is 14.6 Å². The number of nitrogens with zero attached hydrogens (tertiary/aromatic N) is 1. The summed E-state index contributed by atoms with van der Waals surface area (Å²) in [5.41, 5.74) is -0.645. The molecule has 0 aliphatic rings. The van der Waals surface area contributed by atoms with E-state index in [1.165, 1.54) is 4.90 Å². The molecule has 0 aromatic carbocycles. The second-order valence-electron chi connectivity index (χ2n) is 4.37. The van der Waals surface area contributed by atoms with Crippen LogP contribution in [0.15, 0.2) is 0 Å². The number of amides is 1. The molecule has 0 aliphatic carbocycles. The van der Waals surface area contributed by atoms with Crippen molar-refractivity contribution in [3.05, 3.63) is 0 Å². The van der Waals surface area contributed by atoms with E-state index in [2.05, 4.69) is 0 Å². The molecule has 6 heteroatoms. The lowest BCUT2D eigenvalue weighted by molar-refractivity contribution is -0.137. The van der Waals surface area contributed by atoms with Gasteiger partial charge in [-0.15, -0.1) is 11.6 Å². The van der Waals surface area contributed by atoms with Crippen LogP contribution in [0.1, 0.15) is 13.8 Å². The van der Waals surface area contributed by atoms with Gasteiger partial charge < -0.3 is 4.90 Å². The first kappa shape index (κ1) is 14.7. The molecule has 0 bridgehead atoms. The molecule has 90 valence electrons. The van der Waals surface area contributed by atoms with E-state index in [4.69, 9.17) is 11.6 Å². The zero-order chi connectivity index (χ0) is 12.3. The highest BCUT2D eigenvalue weighted by Gasteiger charge is 2.29. The molecule has 0 N–H and O–H groups in total. The van der Waals surface area contributed by atoms with Crippen molar-refractivity contribution in [3.63, 3.8) is 0 Å². The fourth-order valence-corrected chi connectivity index (χ4v) is 1.70. The summed E-state index contributed by atoms with van der Waals surface area (Å²) in [5, 5.41) is 0. The lowest BCUT2D eigenvalue weighted by atomic mass is 9.94. The summed E-state index contributed by atoms with van der Waals surface area (Å²) in [6, 6.07) is 0. The summed E-state index contributed by atoms with van der Waals surface area (Å²) in [6.45, 7) is 3.68. The number of halogens is 1. The number of hydrogen-bond donors (Lipinski definition) is 0. The Morgan fingerprint density at radius 3 is 2.20 bits per heavy atom. The van der Waals surface area contributed by atoms with Gasteiger partial charge in [-0.05, 0) is 13.8 Å². The van der Waals surface area contributed by atoms with Crippen molar-refractivity contribution in [1.82, 2.24) is 4.90 Å². The Bertz CT molecular complexity index is 324. The van der Waals surface area contributed by atoms with E-state index in [0.29, 0.717) is 0 Å². The standard InChI is InChI=1S/C9H18ClNO3S/c1-9(2,7-10)8(12)11(3)5-6-15(4,13)14/h5-7H2,1-4H3. The average Bonchev–Trinajstić information content (AvgIpc) is 2.11. The number of carbonyl (C=O) groups is 1. The highest BCUT2D eigenvalue weighted by Crippen LogP contribution is 2.19. The van der Waals surface area contributed by atoms with Gasteiger partial charge in [0.05, 0.1) is 11.2 Å². The van der Waals surface area contributed by atoms with E-state index < -0.39 is 15.3 Å². The smallest absolute Gasteiger partial charge is 0.229 e. The molecular formula is C9H18ClNO3S. The normalized spacial score (nSPS) is 12.6. The number of hydrogen-bond acceptors (Lipinski definition) is 3. The third-order valence-electron chi connectivity index (χ3n) is 2.06. The van der Waals surface area contributed by atoms with Crippen LogP contribution in [0.3, 0.4) is 0 Å². The molecule has 0 radical (unpaired) electrons. The van der Waals surface area contributed by atoms with Crippen molar-refractivity contribution in [1.29, 1.82) is 0 Å². The van der Waals surface area contributed by atoms with Crippen molar-refractivity contribution in [2.24, 2.45) is 5.41 Å². The molecule has 15 heavy (non-hydrogen) atoms. The van der Waals surface area contributed by atoms with Gasteiger partial charge in [-0.1, -0.05) is 0 Å². The summed E-state index contributed by atoms with van der Waals surface area (Å²) in [7, 11) is -1.45. The Balaban J connectivity index is 4.36. The molecule has 0 fully saturated rings. The molecule has 0 saturated heterocycles. The van der Waals surface area contributed by atoms with E-state index in [1.54, 1.807) is 20.9 Å². The summed E-state index contributed by atoms with van der Waals surface area (Å²) < 4.78 is 21.8. The highest BCUT2D eigenvalue weighted by molar-refractivity contribution is 7.90. The van der Waals surface area contributed by atoms with Gasteiger partial charge in [0.1, 0.15) is 9.84 Å². The summed E-state index contributed by atoms with van der Waals surface area (Å²) >= 11 is 5.66. The lowest BCUT2D eigenvalue weighted by Gasteiger charge is -2.27. The number of rotatable bonds is 5. The largest absolute Gasteiger partial charge is 0.344 e. The topological polar surface area (TPSA) is 54.5 Å². The molecular weight excluding hydrogens is 238 g/mol. The fourth-order valence-electron chi connectivity index (χ4n) is 0.978. The van der Waals surface area contributed by atoms with E-state index >= 15 is 0 Å². The van der Waals surface area contributed by atoms with Gasteiger partial charge in [0, 0.05) is 25.7 Å². The first-order valence-electron chi connectivity index (χ1n) is 4.59. The number of carbonyl (C=O) groups excluding carboxylic acids is 1. The van der Waals surface area contributed by atoms with Crippen LogP contribution in [-0.4, -0.2) is 50.7 Å². The molecule has 0 unspecified atom stereocenters. The average molecular weight is 256 g/mol. The van der Waals surface area contributed by atoms with Crippen molar-refractivity contribution in [3.8, 4) is 0 Å². The third kappa shape index (κ3) is 5.37. The first-order valence-corrected chi connectivity index (χ1v) is 7.19. The molecule has 0 aromatic rings. The van der Waals surface area contributed by atoms with Crippen LogP contribution in [0, 0.1) is 5.41 Å². The summed E-state index contributed by atoms with van der Waals surface area (Å²) in [5.74, 6) is 0.0593. The molecule has 1 amide bonds. The molecule has 4 nitrogen and oxygen atoms in total. The Kier molecular flexibility index (Phi) is 5.06. The molecule has 0 rings (SSSR count). The van der Waals surface area contributed by atoms with Gasteiger partial charge in [-0.3, -0.25) is 4.79 Å². The second-order valence-corrected chi connectivity index (χ2v) is 6.90. The van der Waals surface area contributed by atoms with Gasteiger partial charge in [0.25, 0.3) is 0 Å². The summed E-state index contributed by atoms with van der Waals surface area (Å²) in [4.78, 5) is 13.2. The van der Waals surface area contributed by atoms with Crippen LogP contribution in [0.25, 0.3) is 0 Å². The first-order chi connectivity index (χ1) is 6.60. The second kappa shape index (κ2) is 5.16. The lowest BCUT2D eigenvalue weighted by Crippen LogP contribution is -2.41. The maximum Gasteiger partial charge on any atom is 0.229 e. The van der Waals surface area contributed by atoms with Crippen molar-refractivity contribution >= 4 is 27.3 Å². The van der Waals surface area contributed by atoms with Crippen molar-refractivity contribution < 1.29 is 13.2 Å². The van der Waals surface area contributed by atoms with Crippen LogP contribution in [0.2, 0.25) is 0 Å². The zero-order valence-electron chi connectivity index (χ0n) is 9.58. The minimum atomic E-state index is -3.03. The SMILES string of the molecule is CN(CCS(C)(=O)=O)C(=O)C(C)(C)CCl. The Morgan fingerprint density at radius 2 is 1.87 bits per heavy atom. The Hall–Kier alpha value is -0.290. The van der Waals surface area contributed by atoms with Crippen LogP contribution >= 0.6 is 11.6 Å². The molecule has 0 saturated carbocycles. The Labute approximate surface area is 96.5 Å². The minimum Gasteiger partial charge on any atom is -0.344 e. The molecule has 0 aromatic heterocycles. The van der Waals surface area contributed by atoms with Crippen LogP contribution in [0.5, 0.6) is 0 Å². The quantitative estimate of drug-likeness (QED) is 0.682. The van der Waals surface area contributed by atoms with Gasteiger partial charge in [-0.2, -0.15) is 0 Å². The maximum atomic E-state index is 11.8. The van der Waals surface area contributed by atoms with E-state index in [-0.39, 0.29) is 24.1 Å². The van der Waals surface area contributed by atoms with E-state index in [0.717, 1.165) is 6.26 Å². The monoisotopic (exact) mass is 255 g/mol. The Morgan fingerprint density at radius 1 is 1.40 bits per heavy atom. The third-order valence-corrected chi connectivity index (χ3v) is 3.65. The van der Waals surface area contributed by atoms with Crippen LogP contribution < -0.4 is 0 Å². The van der Waals surface area contributed by atoms with Gasteiger partial charge in [-0.25, -0.2) is 8.42 Å². The van der Waals surface area contributed by atoms with Gasteiger partial charge in [0.2, 0.25) is 5.91 Å². The minimum absolute atomic E-state index is 0.0202. The molecule has 0 spiro atoms. The molecule has 0 atom stereocenters. The van der Waals surface area contributed by atoms with Crippen molar-refractivity contribution in [2.45, 2.75) is 13.8 Å². The van der Waals surface area contributed by atoms with Gasteiger partial charge in [0.15, 0.2) is 0 Å². The fraction of sp³-hybridized carbons (Fsp3) is 0.889. The predicted molar refractivity (Wildman–Crippen MR) is 61.8 cm³/mol. The number of alkyl halides is 1.